The largest absolute Gasteiger partial charge is 0.454 e. The monoisotopic (exact) mass is 404 g/mol. The van der Waals surface area contributed by atoms with Gasteiger partial charge in [-0.2, -0.15) is 0 Å². The van der Waals surface area contributed by atoms with Crippen molar-refractivity contribution < 1.29 is 27.5 Å². The summed E-state index contributed by atoms with van der Waals surface area (Å²) in [5.74, 6) is -1.85. The predicted octanol–water partition coefficient (Wildman–Crippen LogP) is 1.39. The van der Waals surface area contributed by atoms with Crippen LogP contribution in [0.5, 0.6) is 0 Å². The number of hydrogen-bond acceptors (Lipinski definition) is 6. The van der Waals surface area contributed by atoms with Gasteiger partial charge in [-0.1, -0.05) is 24.3 Å². The highest BCUT2D eigenvalue weighted by Crippen LogP contribution is 2.15. The van der Waals surface area contributed by atoms with Gasteiger partial charge in [-0.15, -0.1) is 0 Å². The maximum Gasteiger partial charge on any atom is 0.328 e. The van der Waals surface area contributed by atoms with Crippen molar-refractivity contribution in [3.63, 3.8) is 0 Å². The second-order valence-electron chi connectivity index (χ2n) is 6.02. The Balaban J connectivity index is 1.85. The van der Waals surface area contributed by atoms with E-state index in [2.05, 4.69) is 10.6 Å². The van der Waals surface area contributed by atoms with Crippen LogP contribution in [0.4, 0.5) is 5.69 Å². The average Bonchev–Trinajstić information content (AvgIpc) is 2.66. The zero-order valence-corrected chi connectivity index (χ0v) is 16.2. The van der Waals surface area contributed by atoms with Gasteiger partial charge in [0.1, 0.15) is 6.04 Å². The van der Waals surface area contributed by atoms with E-state index in [0.717, 1.165) is 6.26 Å². The fourth-order valence-electron chi connectivity index (χ4n) is 2.19. The van der Waals surface area contributed by atoms with Gasteiger partial charge in [-0.05, 0) is 37.3 Å². The zero-order valence-electron chi connectivity index (χ0n) is 15.3. The van der Waals surface area contributed by atoms with Crippen molar-refractivity contribution in [2.24, 2.45) is 0 Å². The average molecular weight is 404 g/mol. The molecule has 0 aliphatic carbocycles. The Hall–Kier alpha value is -3.20. The van der Waals surface area contributed by atoms with Crippen LogP contribution in [0.15, 0.2) is 59.5 Å². The fraction of sp³-hybridized carbons (Fsp3) is 0.211. The molecule has 0 aliphatic rings. The van der Waals surface area contributed by atoms with E-state index in [0.29, 0.717) is 5.56 Å². The van der Waals surface area contributed by atoms with Crippen LogP contribution >= 0.6 is 0 Å². The Morgan fingerprint density at radius 3 is 2.36 bits per heavy atom. The molecule has 148 valence electrons. The standard InChI is InChI=1S/C19H20N2O6S/c1-13(20-18(23)14-7-4-3-5-8-14)19(24)27-12-17(22)21-15-9-6-10-16(11-15)28(2,25)26/h3-11,13H,12H2,1-2H3,(H,20,23)(H,21,22)/t13-/m0/s1. The molecule has 0 bridgehead atoms. The number of ether oxygens (including phenoxy) is 1. The summed E-state index contributed by atoms with van der Waals surface area (Å²) in [6, 6.07) is 13.1. The van der Waals surface area contributed by atoms with Gasteiger partial charge in [0.25, 0.3) is 11.8 Å². The van der Waals surface area contributed by atoms with E-state index in [4.69, 9.17) is 4.74 Å². The summed E-state index contributed by atoms with van der Waals surface area (Å²) in [4.78, 5) is 35.9. The molecule has 28 heavy (non-hydrogen) atoms. The van der Waals surface area contributed by atoms with E-state index in [-0.39, 0.29) is 10.6 Å². The second kappa shape index (κ2) is 9.14. The van der Waals surface area contributed by atoms with Crippen molar-refractivity contribution in [2.75, 3.05) is 18.2 Å². The maximum atomic E-state index is 12.0. The van der Waals surface area contributed by atoms with E-state index < -0.39 is 40.3 Å². The first kappa shape index (κ1) is 21.1. The molecule has 0 fully saturated rings. The van der Waals surface area contributed by atoms with Crippen LogP contribution in [0, 0.1) is 0 Å². The third-order valence-electron chi connectivity index (χ3n) is 3.63. The number of hydrogen-bond donors (Lipinski definition) is 2. The Morgan fingerprint density at radius 2 is 1.71 bits per heavy atom. The Labute approximate surface area is 162 Å². The third-order valence-corrected chi connectivity index (χ3v) is 4.74. The maximum absolute atomic E-state index is 12.0. The summed E-state index contributed by atoms with van der Waals surface area (Å²) in [6.07, 6.45) is 1.06. The first-order chi connectivity index (χ1) is 13.2. The molecule has 9 heteroatoms. The van der Waals surface area contributed by atoms with Crippen LogP contribution in [-0.2, 0) is 24.2 Å². The molecule has 2 N–H and O–H groups in total. The van der Waals surface area contributed by atoms with E-state index >= 15 is 0 Å². The van der Waals surface area contributed by atoms with Crippen molar-refractivity contribution in [3.05, 3.63) is 60.2 Å². The molecule has 0 unspecified atom stereocenters. The highest BCUT2D eigenvalue weighted by Gasteiger charge is 2.19. The fourth-order valence-corrected chi connectivity index (χ4v) is 2.86. The molecule has 2 aromatic rings. The van der Waals surface area contributed by atoms with Gasteiger partial charge >= 0.3 is 5.97 Å². The molecule has 1 atom stereocenters. The van der Waals surface area contributed by atoms with Crippen molar-refractivity contribution >= 4 is 33.3 Å². The minimum Gasteiger partial charge on any atom is -0.454 e. The van der Waals surface area contributed by atoms with E-state index in [1.807, 2.05) is 0 Å². The molecule has 0 saturated carbocycles. The Morgan fingerprint density at radius 1 is 1.04 bits per heavy atom. The number of carbonyl (C=O) groups is 3. The Bertz CT molecular complexity index is 973. The summed E-state index contributed by atoms with van der Waals surface area (Å²) in [7, 11) is -3.41. The van der Waals surface area contributed by atoms with Crippen molar-refractivity contribution in [1.29, 1.82) is 0 Å². The number of rotatable bonds is 7. The lowest BCUT2D eigenvalue weighted by molar-refractivity contribution is -0.148. The van der Waals surface area contributed by atoms with Gasteiger partial charge in [0.05, 0.1) is 4.90 Å². The SMILES string of the molecule is C[C@H](NC(=O)c1ccccc1)C(=O)OCC(=O)Nc1cccc(S(C)(=O)=O)c1. The summed E-state index contributed by atoms with van der Waals surface area (Å²) < 4.78 is 28.0. The normalized spacial score (nSPS) is 11.9. The number of esters is 1. The quantitative estimate of drug-likeness (QED) is 0.673. The van der Waals surface area contributed by atoms with Gasteiger partial charge in [-0.3, -0.25) is 9.59 Å². The van der Waals surface area contributed by atoms with Gasteiger partial charge in [-0.25, -0.2) is 13.2 Å². The second-order valence-corrected chi connectivity index (χ2v) is 8.03. The van der Waals surface area contributed by atoms with Crippen LogP contribution in [0.3, 0.4) is 0 Å². The van der Waals surface area contributed by atoms with Crippen LogP contribution in [0.1, 0.15) is 17.3 Å². The molecule has 2 amide bonds. The van der Waals surface area contributed by atoms with Crippen molar-refractivity contribution in [1.82, 2.24) is 5.32 Å². The lowest BCUT2D eigenvalue weighted by Gasteiger charge is -2.13. The molecule has 8 nitrogen and oxygen atoms in total. The molecular weight excluding hydrogens is 384 g/mol. The molecule has 0 aromatic heterocycles. The molecule has 2 aromatic carbocycles. The smallest absolute Gasteiger partial charge is 0.328 e. The summed E-state index contributed by atoms with van der Waals surface area (Å²) in [5, 5.41) is 4.93. The lowest BCUT2D eigenvalue weighted by atomic mass is 10.2. The molecule has 2 rings (SSSR count). The minimum absolute atomic E-state index is 0.0551. The first-order valence-corrected chi connectivity index (χ1v) is 10.2. The number of benzene rings is 2. The number of amides is 2. The predicted molar refractivity (Wildman–Crippen MR) is 103 cm³/mol. The van der Waals surface area contributed by atoms with Gasteiger partial charge < -0.3 is 15.4 Å². The molecular formula is C19H20N2O6S. The van der Waals surface area contributed by atoms with Gasteiger partial charge in [0.15, 0.2) is 16.4 Å². The zero-order chi connectivity index (χ0) is 20.7. The van der Waals surface area contributed by atoms with E-state index in [1.165, 1.54) is 31.2 Å². The van der Waals surface area contributed by atoms with Crippen LogP contribution < -0.4 is 10.6 Å². The molecule has 0 aliphatic heterocycles. The highest BCUT2D eigenvalue weighted by molar-refractivity contribution is 7.90. The van der Waals surface area contributed by atoms with Crippen LogP contribution in [0.25, 0.3) is 0 Å². The van der Waals surface area contributed by atoms with Crippen LogP contribution in [-0.4, -0.2) is 45.1 Å². The van der Waals surface area contributed by atoms with E-state index in [9.17, 15) is 22.8 Å². The molecule has 0 saturated heterocycles. The summed E-state index contributed by atoms with van der Waals surface area (Å²) >= 11 is 0. The van der Waals surface area contributed by atoms with Gasteiger partial charge in [0.2, 0.25) is 0 Å². The first-order valence-electron chi connectivity index (χ1n) is 8.29. The van der Waals surface area contributed by atoms with Crippen LogP contribution in [0.2, 0.25) is 0 Å². The van der Waals surface area contributed by atoms with Crippen molar-refractivity contribution in [2.45, 2.75) is 17.9 Å². The van der Waals surface area contributed by atoms with Crippen molar-refractivity contribution in [3.8, 4) is 0 Å². The number of sulfone groups is 1. The number of nitrogens with one attached hydrogen (secondary N) is 2. The molecule has 0 heterocycles. The summed E-state index contributed by atoms with van der Waals surface area (Å²) in [5.41, 5.74) is 0.653. The van der Waals surface area contributed by atoms with E-state index in [1.54, 1.807) is 30.3 Å². The summed E-state index contributed by atoms with van der Waals surface area (Å²) in [6.45, 7) is 0.865. The Kier molecular flexibility index (Phi) is 6.89. The van der Waals surface area contributed by atoms with Gasteiger partial charge in [0, 0.05) is 17.5 Å². The molecule has 0 spiro atoms. The topological polar surface area (TPSA) is 119 Å². The number of carbonyl (C=O) groups excluding carboxylic acids is 3. The number of anilines is 1. The minimum atomic E-state index is -3.41. The lowest BCUT2D eigenvalue weighted by Crippen LogP contribution is -2.40. The third kappa shape index (κ3) is 6.20. The molecule has 0 radical (unpaired) electrons. The highest BCUT2D eigenvalue weighted by atomic mass is 32.2.